The van der Waals surface area contributed by atoms with Gasteiger partial charge in [0.2, 0.25) is 5.91 Å². The lowest BCUT2D eigenvalue weighted by atomic mass is 10.1. The molecule has 0 radical (unpaired) electrons. The number of carbonyl (C=O) groups is 2. The third-order valence-corrected chi connectivity index (χ3v) is 5.70. The van der Waals surface area contributed by atoms with E-state index in [4.69, 9.17) is 11.6 Å². The first-order valence-electron chi connectivity index (χ1n) is 8.54. The van der Waals surface area contributed by atoms with Gasteiger partial charge in [0.05, 0.1) is 4.92 Å². The maximum atomic E-state index is 12.7. The van der Waals surface area contributed by atoms with Crippen molar-refractivity contribution in [2.45, 2.75) is 17.4 Å². The monoisotopic (exact) mass is 453 g/mol. The summed E-state index contributed by atoms with van der Waals surface area (Å²) in [6, 6.07) is 10.4. The van der Waals surface area contributed by atoms with Crippen molar-refractivity contribution in [3.05, 3.63) is 63.2 Å². The highest BCUT2D eigenvalue weighted by Crippen LogP contribution is 2.25. The van der Waals surface area contributed by atoms with E-state index in [1.54, 1.807) is 35.7 Å². The second-order valence-corrected chi connectivity index (χ2v) is 8.22. The van der Waals surface area contributed by atoms with Crippen molar-refractivity contribution < 1.29 is 14.5 Å². The van der Waals surface area contributed by atoms with E-state index in [9.17, 15) is 19.7 Å². The summed E-state index contributed by atoms with van der Waals surface area (Å²) >= 11 is 8.93. The van der Waals surface area contributed by atoms with Crippen LogP contribution in [0.1, 0.15) is 16.8 Å². The first-order chi connectivity index (χ1) is 13.8. The summed E-state index contributed by atoms with van der Waals surface area (Å²) in [5.41, 5.74) is 0.323. The molecule has 0 saturated heterocycles. The number of nitrogens with one attached hydrogen (secondary N) is 2. The van der Waals surface area contributed by atoms with Gasteiger partial charge in [-0.1, -0.05) is 11.6 Å². The number of hydrogen-bond acceptors (Lipinski definition) is 6. The van der Waals surface area contributed by atoms with Crippen LogP contribution < -0.4 is 10.6 Å². The Morgan fingerprint density at radius 2 is 1.86 bits per heavy atom. The van der Waals surface area contributed by atoms with Crippen molar-refractivity contribution in [1.82, 2.24) is 5.32 Å². The molecule has 10 heteroatoms. The molecule has 0 heterocycles. The zero-order chi connectivity index (χ0) is 21.4. The molecule has 0 bridgehead atoms. The maximum absolute atomic E-state index is 12.7. The van der Waals surface area contributed by atoms with Gasteiger partial charge in [-0.05, 0) is 61.1 Å². The molecule has 154 valence electrons. The van der Waals surface area contributed by atoms with E-state index in [0.717, 1.165) is 11.0 Å². The van der Waals surface area contributed by atoms with E-state index < -0.39 is 16.9 Å². The summed E-state index contributed by atoms with van der Waals surface area (Å²) in [4.78, 5) is 36.7. The second-order valence-electron chi connectivity index (χ2n) is 5.95. The third-order valence-electron chi connectivity index (χ3n) is 4.00. The number of rotatable bonds is 9. The SMILES string of the molecule is CSCCC(NC(=O)c1ccc(Cl)c([N+](=O)[O-])c1)C(=O)Nc1ccc(SC)cc1. The van der Waals surface area contributed by atoms with E-state index in [0.29, 0.717) is 17.9 Å². The van der Waals surface area contributed by atoms with Crippen LogP contribution in [0.25, 0.3) is 0 Å². The summed E-state index contributed by atoms with van der Waals surface area (Å²) in [6.45, 7) is 0. The van der Waals surface area contributed by atoms with Crippen molar-refractivity contribution in [3.63, 3.8) is 0 Å². The molecule has 0 aliphatic carbocycles. The lowest BCUT2D eigenvalue weighted by Crippen LogP contribution is -2.44. The topological polar surface area (TPSA) is 101 Å². The van der Waals surface area contributed by atoms with E-state index >= 15 is 0 Å². The van der Waals surface area contributed by atoms with Crippen LogP contribution in [-0.4, -0.2) is 41.0 Å². The molecule has 2 amide bonds. The van der Waals surface area contributed by atoms with Gasteiger partial charge in [0, 0.05) is 22.2 Å². The highest BCUT2D eigenvalue weighted by molar-refractivity contribution is 7.98. The Hall–Kier alpha value is -2.23. The van der Waals surface area contributed by atoms with Gasteiger partial charge in [-0.3, -0.25) is 19.7 Å². The van der Waals surface area contributed by atoms with Crippen LogP contribution in [0.15, 0.2) is 47.4 Å². The number of amides is 2. The molecule has 1 atom stereocenters. The first kappa shape index (κ1) is 23.1. The number of anilines is 1. The summed E-state index contributed by atoms with van der Waals surface area (Å²) in [7, 11) is 0. The molecule has 2 aromatic carbocycles. The van der Waals surface area contributed by atoms with Crippen molar-refractivity contribution in [1.29, 1.82) is 0 Å². The standard InChI is InChI=1S/C19H20ClN3O4S2/c1-28-10-9-16(19(25)21-13-4-6-14(29-2)7-5-13)22-18(24)12-3-8-15(20)17(11-12)23(26)27/h3-8,11,16H,9-10H2,1-2H3,(H,21,25)(H,22,24). The number of nitro groups is 1. The zero-order valence-corrected chi connectivity index (χ0v) is 18.2. The molecule has 0 aliphatic rings. The van der Waals surface area contributed by atoms with Crippen molar-refractivity contribution >= 4 is 58.3 Å². The fraction of sp³-hybridized carbons (Fsp3) is 0.263. The van der Waals surface area contributed by atoms with Gasteiger partial charge in [-0.25, -0.2) is 0 Å². The van der Waals surface area contributed by atoms with Gasteiger partial charge in [0.1, 0.15) is 11.1 Å². The lowest BCUT2D eigenvalue weighted by Gasteiger charge is -2.18. The highest BCUT2D eigenvalue weighted by Gasteiger charge is 2.23. The Bertz CT molecular complexity index is 894. The van der Waals surface area contributed by atoms with Gasteiger partial charge in [-0.2, -0.15) is 11.8 Å². The Balaban J connectivity index is 2.14. The fourth-order valence-electron chi connectivity index (χ4n) is 2.44. The molecule has 1 unspecified atom stereocenters. The number of nitrogens with zero attached hydrogens (tertiary/aromatic N) is 1. The van der Waals surface area contributed by atoms with Gasteiger partial charge in [0.15, 0.2) is 0 Å². The molecule has 2 aromatic rings. The van der Waals surface area contributed by atoms with E-state index in [2.05, 4.69) is 10.6 Å². The van der Waals surface area contributed by atoms with Gasteiger partial charge in [0.25, 0.3) is 11.6 Å². The van der Waals surface area contributed by atoms with E-state index in [1.807, 2.05) is 24.6 Å². The first-order valence-corrected chi connectivity index (χ1v) is 11.5. The van der Waals surface area contributed by atoms with Crippen LogP contribution in [0.3, 0.4) is 0 Å². The summed E-state index contributed by atoms with van der Waals surface area (Å²) in [5.74, 6) is -0.276. The molecule has 0 aromatic heterocycles. The molecule has 0 saturated carbocycles. The molecule has 29 heavy (non-hydrogen) atoms. The second kappa shape index (κ2) is 11.1. The molecule has 0 aliphatic heterocycles. The quantitative estimate of drug-likeness (QED) is 0.330. The summed E-state index contributed by atoms with van der Waals surface area (Å²) in [6.07, 6.45) is 4.28. The van der Waals surface area contributed by atoms with E-state index in [1.165, 1.54) is 12.1 Å². The smallest absolute Gasteiger partial charge is 0.288 e. The van der Waals surface area contributed by atoms with Gasteiger partial charge in [-0.15, -0.1) is 11.8 Å². The van der Waals surface area contributed by atoms with Crippen LogP contribution in [0.4, 0.5) is 11.4 Å². The maximum Gasteiger partial charge on any atom is 0.288 e. The van der Waals surface area contributed by atoms with Crippen LogP contribution >= 0.6 is 35.1 Å². The molecular weight excluding hydrogens is 434 g/mol. The van der Waals surface area contributed by atoms with Crippen LogP contribution in [0, 0.1) is 10.1 Å². The highest BCUT2D eigenvalue weighted by atomic mass is 35.5. The molecule has 0 fully saturated rings. The fourth-order valence-corrected chi connectivity index (χ4v) is 3.51. The molecule has 2 rings (SSSR count). The molecule has 7 nitrogen and oxygen atoms in total. The normalized spacial score (nSPS) is 11.6. The number of carbonyl (C=O) groups excluding carboxylic acids is 2. The number of halogens is 1. The van der Waals surface area contributed by atoms with Gasteiger partial charge < -0.3 is 10.6 Å². The average Bonchev–Trinajstić information content (AvgIpc) is 2.71. The number of benzene rings is 2. The summed E-state index contributed by atoms with van der Waals surface area (Å²) in [5, 5.41) is 16.4. The Morgan fingerprint density at radius 3 is 2.45 bits per heavy atom. The Labute approximate surface area is 182 Å². The Morgan fingerprint density at radius 1 is 1.17 bits per heavy atom. The third kappa shape index (κ3) is 6.66. The number of nitro benzene ring substituents is 1. The predicted molar refractivity (Wildman–Crippen MR) is 119 cm³/mol. The van der Waals surface area contributed by atoms with Crippen molar-refractivity contribution in [2.24, 2.45) is 0 Å². The van der Waals surface area contributed by atoms with Crippen LogP contribution in [-0.2, 0) is 4.79 Å². The predicted octanol–water partition coefficient (Wildman–Crippen LogP) is 4.46. The van der Waals surface area contributed by atoms with Crippen LogP contribution in [0.2, 0.25) is 5.02 Å². The van der Waals surface area contributed by atoms with Crippen LogP contribution in [0.5, 0.6) is 0 Å². The lowest BCUT2D eigenvalue weighted by molar-refractivity contribution is -0.384. The van der Waals surface area contributed by atoms with Crippen molar-refractivity contribution in [3.8, 4) is 0 Å². The number of thioether (sulfide) groups is 2. The van der Waals surface area contributed by atoms with Gasteiger partial charge >= 0.3 is 0 Å². The number of hydrogen-bond donors (Lipinski definition) is 2. The summed E-state index contributed by atoms with van der Waals surface area (Å²) < 4.78 is 0. The van der Waals surface area contributed by atoms with Crippen molar-refractivity contribution in [2.75, 3.05) is 23.6 Å². The molecule has 0 spiro atoms. The molecular formula is C19H20ClN3O4S2. The van der Waals surface area contributed by atoms with E-state index in [-0.39, 0.29) is 22.2 Å². The minimum absolute atomic E-state index is 0.0584. The Kier molecular flexibility index (Phi) is 8.81. The zero-order valence-electron chi connectivity index (χ0n) is 15.8. The molecule has 2 N–H and O–H groups in total. The largest absolute Gasteiger partial charge is 0.340 e. The minimum atomic E-state index is -0.787. The minimum Gasteiger partial charge on any atom is -0.340 e. The average molecular weight is 454 g/mol.